The second kappa shape index (κ2) is 10.2. The number of methoxy groups -OCH3 is 2. The van der Waals surface area contributed by atoms with Gasteiger partial charge in [-0.1, -0.05) is 0 Å². The van der Waals surface area contributed by atoms with Crippen molar-refractivity contribution in [2.45, 2.75) is 25.8 Å². The first kappa shape index (κ1) is 20.5. The summed E-state index contributed by atoms with van der Waals surface area (Å²) in [6, 6.07) is 2.37. The summed E-state index contributed by atoms with van der Waals surface area (Å²) >= 11 is 0. The Balaban J connectivity index is 0.00000441. The van der Waals surface area contributed by atoms with Gasteiger partial charge in [-0.2, -0.15) is 0 Å². The number of carbonyl (C=O) groups excluding carboxylic acids is 1. The number of nitrogens with one attached hydrogen (secondary N) is 2. The molecule has 1 atom stereocenters. The predicted octanol–water partition coefficient (Wildman–Crippen LogP) is 2.44. The van der Waals surface area contributed by atoms with Gasteiger partial charge < -0.3 is 20.1 Å². The Bertz CT molecular complexity index is 486. The molecule has 1 unspecified atom stereocenters. The molecular weight excluding hydrogens is 311 g/mol. The van der Waals surface area contributed by atoms with Gasteiger partial charge >= 0.3 is 0 Å². The van der Waals surface area contributed by atoms with Crippen molar-refractivity contribution in [3.8, 4) is 11.5 Å². The normalized spacial score (nSPS) is 11.3. The molecule has 0 aliphatic heterocycles. The molecule has 0 aliphatic rings. The second-order valence-electron chi connectivity index (χ2n) is 4.73. The number of halogens is 2. The molecule has 5 nitrogen and oxygen atoms in total. The lowest BCUT2D eigenvalue weighted by Crippen LogP contribution is -2.27. The molecule has 2 N–H and O–H groups in total. The Morgan fingerprint density at radius 3 is 2.41 bits per heavy atom. The maximum Gasteiger partial charge on any atom is 0.220 e. The van der Waals surface area contributed by atoms with E-state index in [4.69, 9.17) is 9.47 Å². The molecule has 0 saturated carbocycles. The first-order chi connectivity index (χ1) is 10.0. The molecule has 0 saturated heterocycles. The lowest BCUT2D eigenvalue weighted by atomic mass is 10.1. The molecule has 0 aromatic heterocycles. The van der Waals surface area contributed by atoms with Gasteiger partial charge in [-0.3, -0.25) is 4.79 Å². The van der Waals surface area contributed by atoms with E-state index in [-0.39, 0.29) is 18.3 Å². The summed E-state index contributed by atoms with van der Waals surface area (Å²) in [6.45, 7) is 2.51. The third-order valence-corrected chi connectivity index (χ3v) is 3.18. The van der Waals surface area contributed by atoms with Crippen molar-refractivity contribution in [2.24, 2.45) is 0 Å². The highest BCUT2D eigenvalue weighted by atomic mass is 35.5. The van der Waals surface area contributed by atoms with E-state index in [0.717, 1.165) is 13.0 Å². The lowest BCUT2D eigenvalue weighted by Gasteiger charge is -2.17. The van der Waals surface area contributed by atoms with Crippen LogP contribution in [0.5, 0.6) is 11.5 Å². The molecular formula is C15H24ClFN2O3. The van der Waals surface area contributed by atoms with Crippen molar-refractivity contribution in [3.05, 3.63) is 23.5 Å². The van der Waals surface area contributed by atoms with E-state index in [1.165, 1.54) is 20.3 Å². The summed E-state index contributed by atoms with van der Waals surface area (Å²) in [6.07, 6.45) is 1.14. The molecule has 1 aromatic rings. The van der Waals surface area contributed by atoms with E-state index in [9.17, 15) is 9.18 Å². The number of carbonyl (C=O) groups is 1. The molecule has 0 spiro atoms. The highest BCUT2D eigenvalue weighted by molar-refractivity contribution is 5.85. The van der Waals surface area contributed by atoms with E-state index in [1.807, 2.05) is 7.05 Å². The average Bonchev–Trinajstić information content (AvgIpc) is 2.46. The average molecular weight is 335 g/mol. The predicted molar refractivity (Wildman–Crippen MR) is 86.5 cm³/mol. The van der Waals surface area contributed by atoms with Crippen molar-refractivity contribution in [2.75, 3.05) is 27.8 Å². The molecule has 126 valence electrons. The molecule has 22 heavy (non-hydrogen) atoms. The van der Waals surface area contributed by atoms with Crippen LogP contribution >= 0.6 is 12.4 Å². The van der Waals surface area contributed by atoms with Crippen LogP contribution in [0, 0.1) is 5.82 Å². The summed E-state index contributed by atoms with van der Waals surface area (Å²) in [4.78, 5) is 11.8. The minimum atomic E-state index is -0.438. The Kier molecular flexibility index (Phi) is 9.53. The summed E-state index contributed by atoms with van der Waals surface area (Å²) in [7, 11) is 4.77. The Labute approximate surface area is 137 Å². The van der Waals surface area contributed by atoms with Crippen LogP contribution in [-0.2, 0) is 4.79 Å². The van der Waals surface area contributed by atoms with Crippen LogP contribution in [0.3, 0.4) is 0 Å². The topological polar surface area (TPSA) is 59.6 Å². The number of hydrogen-bond acceptors (Lipinski definition) is 4. The van der Waals surface area contributed by atoms with Gasteiger partial charge in [-0.25, -0.2) is 4.39 Å². The van der Waals surface area contributed by atoms with Crippen molar-refractivity contribution < 1.29 is 18.7 Å². The third kappa shape index (κ3) is 5.69. The van der Waals surface area contributed by atoms with E-state index >= 15 is 0 Å². The fraction of sp³-hybridized carbons (Fsp3) is 0.533. The van der Waals surface area contributed by atoms with Crippen LogP contribution in [0.4, 0.5) is 4.39 Å². The molecule has 7 heteroatoms. The first-order valence-corrected chi connectivity index (χ1v) is 6.88. The largest absolute Gasteiger partial charge is 0.493 e. The van der Waals surface area contributed by atoms with E-state index < -0.39 is 11.9 Å². The SMILES string of the molecule is CNCCCC(=O)NC(C)c1cc(OC)c(OC)cc1F.Cl. The van der Waals surface area contributed by atoms with Crippen molar-refractivity contribution in [3.63, 3.8) is 0 Å². The Hall–Kier alpha value is -1.53. The summed E-state index contributed by atoms with van der Waals surface area (Å²) in [5, 5.41) is 5.76. The highest BCUT2D eigenvalue weighted by Gasteiger charge is 2.17. The number of amides is 1. The smallest absolute Gasteiger partial charge is 0.220 e. The van der Waals surface area contributed by atoms with Gasteiger partial charge in [0.25, 0.3) is 0 Å². The van der Waals surface area contributed by atoms with E-state index in [2.05, 4.69) is 10.6 Å². The number of ether oxygens (including phenoxy) is 2. The van der Waals surface area contributed by atoms with Crippen LogP contribution in [0.2, 0.25) is 0 Å². The van der Waals surface area contributed by atoms with Gasteiger partial charge in [0, 0.05) is 18.1 Å². The molecule has 1 amide bonds. The summed E-state index contributed by atoms with van der Waals surface area (Å²) in [5.41, 5.74) is 0.370. The van der Waals surface area contributed by atoms with Crippen LogP contribution in [0.15, 0.2) is 12.1 Å². The lowest BCUT2D eigenvalue weighted by molar-refractivity contribution is -0.121. The highest BCUT2D eigenvalue weighted by Crippen LogP contribution is 2.32. The van der Waals surface area contributed by atoms with E-state index in [1.54, 1.807) is 13.0 Å². The van der Waals surface area contributed by atoms with Gasteiger partial charge in [-0.15, -0.1) is 12.4 Å². The van der Waals surface area contributed by atoms with Crippen LogP contribution in [-0.4, -0.2) is 33.7 Å². The standard InChI is InChI=1S/C15H23FN2O3.ClH/c1-10(18-15(19)6-5-7-17-2)11-8-13(20-3)14(21-4)9-12(11)16;/h8-10,17H,5-7H2,1-4H3,(H,18,19);1H. The molecule has 1 aromatic carbocycles. The fourth-order valence-electron chi connectivity index (χ4n) is 2.02. The van der Waals surface area contributed by atoms with Crippen molar-refractivity contribution >= 4 is 18.3 Å². The molecule has 0 radical (unpaired) electrons. The van der Waals surface area contributed by atoms with E-state index in [0.29, 0.717) is 23.5 Å². The maximum absolute atomic E-state index is 14.1. The maximum atomic E-state index is 14.1. The molecule has 1 rings (SSSR count). The zero-order valence-corrected chi connectivity index (χ0v) is 14.2. The monoisotopic (exact) mass is 334 g/mol. The zero-order chi connectivity index (χ0) is 15.8. The van der Waals surface area contributed by atoms with Gasteiger partial charge in [0.2, 0.25) is 5.91 Å². The summed E-state index contributed by atoms with van der Waals surface area (Å²) in [5.74, 6) is 0.221. The third-order valence-electron chi connectivity index (χ3n) is 3.18. The molecule has 0 heterocycles. The minimum absolute atomic E-state index is 0. The van der Waals surface area contributed by atoms with Gasteiger partial charge in [0.1, 0.15) is 5.82 Å². The Morgan fingerprint density at radius 2 is 1.86 bits per heavy atom. The van der Waals surface area contributed by atoms with Crippen molar-refractivity contribution in [1.29, 1.82) is 0 Å². The number of rotatable bonds is 8. The van der Waals surface area contributed by atoms with Crippen LogP contribution in [0.25, 0.3) is 0 Å². The number of hydrogen-bond donors (Lipinski definition) is 2. The zero-order valence-electron chi connectivity index (χ0n) is 13.4. The van der Waals surface area contributed by atoms with Gasteiger partial charge in [0.15, 0.2) is 11.5 Å². The fourth-order valence-corrected chi connectivity index (χ4v) is 2.02. The molecule has 0 bridgehead atoms. The first-order valence-electron chi connectivity index (χ1n) is 6.88. The quantitative estimate of drug-likeness (QED) is 0.717. The molecule has 0 fully saturated rings. The second-order valence-corrected chi connectivity index (χ2v) is 4.73. The van der Waals surface area contributed by atoms with Gasteiger partial charge in [0.05, 0.1) is 20.3 Å². The minimum Gasteiger partial charge on any atom is -0.493 e. The van der Waals surface area contributed by atoms with Crippen LogP contribution in [0.1, 0.15) is 31.4 Å². The Morgan fingerprint density at radius 1 is 1.27 bits per heavy atom. The number of benzene rings is 1. The summed E-state index contributed by atoms with van der Waals surface area (Å²) < 4.78 is 24.3. The van der Waals surface area contributed by atoms with Gasteiger partial charge in [-0.05, 0) is 33.0 Å². The van der Waals surface area contributed by atoms with Crippen LogP contribution < -0.4 is 20.1 Å². The van der Waals surface area contributed by atoms with Crippen molar-refractivity contribution in [1.82, 2.24) is 10.6 Å². The molecule has 0 aliphatic carbocycles.